The van der Waals surface area contributed by atoms with Gasteiger partial charge in [0.15, 0.2) is 0 Å². The first-order chi connectivity index (χ1) is 13.6. The summed E-state index contributed by atoms with van der Waals surface area (Å²) in [5.41, 5.74) is 1.39. The fraction of sp³-hybridized carbons (Fsp3) is 0.286. The van der Waals surface area contributed by atoms with E-state index in [0.29, 0.717) is 35.5 Å². The number of halogens is 1. The van der Waals surface area contributed by atoms with Crippen LogP contribution >= 0.6 is 11.6 Å². The number of ether oxygens (including phenoxy) is 1. The first-order valence-electron chi connectivity index (χ1n) is 9.21. The van der Waals surface area contributed by atoms with Gasteiger partial charge in [-0.25, -0.2) is 0 Å². The average molecular weight is 400 g/mol. The van der Waals surface area contributed by atoms with Gasteiger partial charge in [-0.1, -0.05) is 23.7 Å². The maximum absolute atomic E-state index is 12.8. The Morgan fingerprint density at radius 3 is 2.46 bits per heavy atom. The number of carbonyl (C=O) groups is 1. The molecule has 0 unspecified atom stereocenters. The van der Waals surface area contributed by atoms with Gasteiger partial charge in [0.2, 0.25) is 11.7 Å². The molecule has 6 nitrogen and oxygen atoms in total. The highest BCUT2D eigenvalue weighted by Gasteiger charge is 2.18. The van der Waals surface area contributed by atoms with E-state index in [4.69, 9.17) is 20.9 Å². The van der Waals surface area contributed by atoms with Gasteiger partial charge in [0.05, 0.1) is 6.61 Å². The van der Waals surface area contributed by atoms with Crippen molar-refractivity contribution in [3.63, 3.8) is 0 Å². The molecule has 7 heteroatoms. The molecule has 0 aliphatic carbocycles. The monoisotopic (exact) mass is 399 g/mol. The van der Waals surface area contributed by atoms with Gasteiger partial charge < -0.3 is 14.2 Å². The molecule has 1 heterocycles. The Labute approximate surface area is 169 Å². The van der Waals surface area contributed by atoms with E-state index in [0.717, 1.165) is 17.7 Å². The number of benzene rings is 2. The fourth-order valence-corrected chi connectivity index (χ4v) is 2.75. The Hall–Kier alpha value is -2.86. The van der Waals surface area contributed by atoms with E-state index in [-0.39, 0.29) is 12.5 Å². The van der Waals surface area contributed by atoms with Crippen molar-refractivity contribution in [2.24, 2.45) is 0 Å². The molecule has 1 aromatic heterocycles. The van der Waals surface area contributed by atoms with Crippen molar-refractivity contribution in [1.82, 2.24) is 15.0 Å². The van der Waals surface area contributed by atoms with Crippen molar-refractivity contribution in [1.29, 1.82) is 0 Å². The predicted octanol–water partition coefficient (Wildman–Crippen LogP) is 4.84. The molecule has 0 aliphatic rings. The van der Waals surface area contributed by atoms with E-state index in [9.17, 15) is 4.79 Å². The van der Waals surface area contributed by atoms with E-state index >= 15 is 0 Å². The van der Waals surface area contributed by atoms with Gasteiger partial charge in [0.25, 0.3) is 5.91 Å². The summed E-state index contributed by atoms with van der Waals surface area (Å²) in [6.07, 6.45) is 0.937. The lowest BCUT2D eigenvalue weighted by Crippen LogP contribution is -2.30. The third-order valence-corrected chi connectivity index (χ3v) is 4.39. The topological polar surface area (TPSA) is 68.5 Å². The molecule has 0 N–H and O–H groups in total. The molecule has 1 amide bonds. The number of amides is 1. The van der Waals surface area contributed by atoms with Crippen LogP contribution in [0.15, 0.2) is 53.1 Å². The minimum Gasteiger partial charge on any atom is -0.494 e. The van der Waals surface area contributed by atoms with Crippen LogP contribution in [0, 0.1) is 0 Å². The van der Waals surface area contributed by atoms with E-state index in [1.807, 2.05) is 38.1 Å². The Balaban J connectivity index is 1.68. The summed E-state index contributed by atoms with van der Waals surface area (Å²) in [5, 5.41) is 4.63. The van der Waals surface area contributed by atoms with Crippen LogP contribution in [0.5, 0.6) is 5.75 Å². The second-order valence-corrected chi connectivity index (χ2v) is 6.65. The lowest BCUT2D eigenvalue weighted by atomic mass is 10.2. The number of aromatic nitrogens is 2. The largest absolute Gasteiger partial charge is 0.494 e. The smallest absolute Gasteiger partial charge is 0.254 e. The van der Waals surface area contributed by atoms with Gasteiger partial charge in [0.1, 0.15) is 12.3 Å². The van der Waals surface area contributed by atoms with Gasteiger partial charge in [-0.3, -0.25) is 4.79 Å². The molecule has 0 fully saturated rings. The Morgan fingerprint density at radius 2 is 1.82 bits per heavy atom. The zero-order valence-corrected chi connectivity index (χ0v) is 16.6. The van der Waals surface area contributed by atoms with E-state index in [1.54, 1.807) is 29.2 Å². The second kappa shape index (κ2) is 9.37. The molecule has 3 aromatic rings. The van der Waals surface area contributed by atoms with E-state index in [1.165, 1.54) is 0 Å². The molecule has 0 spiro atoms. The van der Waals surface area contributed by atoms with Crippen molar-refractivity contribution in [3.8, 4) is 17.1 Å². The quantitative estimate of drug-likeness (QED) is 0.542. The second-order valence-electron chi connectivity index (χ2n) is 6.21. The molecule has 0 atom stereocenters. The number of hydrogen-bond acceptors (Lipinski definition) is 5. The van der Waals surface area contributed by atoms with Crippen LogP contribution in [-0.4, -0.2) is 34.1 Å². The maximum Gasteiger partial charge on any atom is 0.254 e. The third kappa shape index (κ3) is 4.89. The van der Waals surface area contributed by atoms with Crippen LogP contribution in [0.2, 0.25) is 5.02 Å². The van der Waals surface area contributed by atoms with Crippen molar-refractivity contribution in [3.05, 3.63) is 65.0 Å². The van der Waals surface area contributed by atoms with Gasteiger partial charge in [-0.05, 0) is 61.9 Å². The molecule has 146 valence electrons. The van der Waals surface area contributed by atoms with Crippen molar-refractivity contribution >= 4 is 17.5 Å². The zero-order valence-electron chi connectivity index (χ0n) is 15.9. The number of carbonyl (C=O) groups excluding carboxylic acids is 1. The zero-order chi connectivity index (χ0) is 19.9. The summed E-state index contributed by atoms with van der Waals surface area (Å²) in [6, 6.07) is 14.3. The fourth-order valence-electron chi connectivity index (χ4n) is 2.62. The first-order valence-corrected chi connectivity index (χ1v) is 9.59. The Bertz CT molecular complexity index is 907. The van der Waals surface area contributed by atoms with Crippen LogP contribution in [-0.2, 0) is 6.54 Å². The van der Waals surface area contributed by atoms with Crippen molar-refractivity contribution in [2.45, 2.75) is 26.8 Å². The Morgan fingerprint density at radius 1 is 1.11 bits per heavy atom. The van der Waals surface area contributed by atoms with Crippen LogP contribution < -0.4 is 4.74 Å². The molecule has 3 rings (SSSR count). The van der Waals surface area contributed by atoms with Crippen molar-refractivity contribution in [2.75, 3.05) is 13.2 Å². The highest BCUT2D eigenvalue weighted by Crippen LogP contribution is 2.20. The normalized spacial score (nSPS) is 10.7. The molecular formula is C21H22ClN3O3. The molecule has 0 saturated carbocycles. The SMILES string of the molecule is CCCOc1ccc(C(=O)N(CC)Cc2nc(-c3ccc(Cl)cc3)no2)cc1. The predicted molar refractivity (Wildman–Crippen MR) is 107 cm³/mol. The first kappa shape index (κ1) is 19.9. The van der Waals surface area contributed by atoms with E-state index < -0.39 is 0 Å². The molecule has 2 aromatic carbocycles. The molecular weight excluding hydrogens is 378 g/mol. The molecule has 28 heavy (non-hydrogen) atoms. The highest BCUT2D eigenvalue weighted by molar-refractivity contribution is 6.30. The molecule has 0 radical (unpaired) electrons. The Kier molecular flexibility index (Phi) is 6.66. The van der Waals surface area contributed by atoms with Gasteiger partial charge in [-0.2, -0.15) is 4.98 Å². The number of nitrogens with zero attached hydrogens (tertiary/aromatic N) is 3. The summed E-state index contributed by atoms with van der Waals surface area (Å²) in [5.74, 6) is 1.50. The standard InChI is InChI=1S/C21H22ClN3O3/c1-3-13-27-18-11-7-16(8-12-18)21(26)25(4-2)14-19-23-20(24-28-19)15-5-9-17(22)10-6-15/h5-12H,3-4,13-14H2,1-2H3. The molecule has 0 saturated heterocycles. The lowest BCUT2D eigenvalue weighted by molar-refractivity contribution is 0.0734. The minimum absolute atomic E-state index is 0.101. The van der Waals surface area contributed by atoms with Crippen LogP contribution in [0.4, 0.5) is 0 Å². The summed E-state index contributed by atoms with van der Waals surface area (Å²) in [4.78, 5) is 18.8. The summed E-state index contributed by atoms with van der Waals surface area (Å²) in [7, 11) is 0. The summed E-state index contributed by atoms with van der Waals surface area (Å²) >= 11 is 5.90. The van der Waals surface area contributed by atoms with E-state index in [2.05, 4.69) is 10.1 Å². The lowest BCUT2D eigenvalue weighted by Gasteiger charge is -2.19. The van der Waals surface area contributed by atoms with Crippen LogP contribution in [0.25, 0.3) is 11.4 Å². The number of rotatable bonds is 8. The van der Waals surface area contributed by atoms with Crippen molar-refractivity contribution < 1.29 is 14.1 Å². The van der Waals surface area contributed by atoms with Gasteiger partial charge in [-0.15, -0.1) is 0 Å². The van der Waals surface area contributed by atoms with Crippen LogP contribution in [0.1, 0.15) is 36.5 Å². The van der Waals surface area contributed by atoms with Gasteiger partial charge in [0, 0.05) is 22.7 Å². The van der Waals surface area contributed by atoms with Crippen LogP contribution in [0.3, 0.4) is 0 Å². The third-order valence-electron chi connectivity index (χ3n) is 4.14. The summed E-state index contributed by atoms with van der Waals surface area (Å²) < 4.78 is 10.9. The molecule has 0 aliphatic heterocycles. The number of hydrogen-bond donors (Lipinski definition) is 0. The summed E-state index contributed by atoms with van der Waals surface area (Å²) in [6.45, 7) is 5.37. The minimum atomic E-state index is -0.101. The molecule has 0 bridgehead atoms. The maximum atomic E-state index is 12.8. The average Bonchev–Trinajstić information content (AvgIpc) is 3.19. The highest BCUT2D eigenvalue weighted by atomic mass is 35.5. The van der Waals surface area contributed by atoms with Gasteiger partial charge >= 0.3 is 0 Å².